The van der Waals surface area contributed by atoms with Crippen molar-refractivity contribution in [3.05, 3.63) is 95.3 Å². The Morgan fingerprint density at radius 1 is 1.03 bits per heavy atom. The second-order valence-corrected chi connectivity index (χ2v) is 8.26. The van der Waals surface area contributed by atoms with E-state index in [1.807, 2.05) is 30.3 Å². The van der Waals surface area contributed by atoms with Crippen molar-refractivity contribution in [3.8, 4) is 5.75 Å². The number of hydrogen-bond acceptors (Lipinski definition) is 4. The van der Waals surface area contributed by atoms with Gasteiger partial charge in [0, 0.05) is 11.3 Å². The van der Waals surface area contributed by atoms with Crippen LogP contribution < -0.4 is 10.2 Å². The number of aliphatic hydroxyl groups is 2. The zero-order chi connectivity index (χ0) is 23.4. The number of nitrogens with zero attached hydrogens (tertiary/aromatic N) is 1. The number of carbonyl (C=O) groups excluding carboxylic acids is 1. The number of hydrogen-bond donors (Lipinski definition) is 4. The number of aliphatic hydroxyl groups excluding tert-OH is 2. The number of rotatable bonds is 8. The monoisotopic (exact) mass is 450 g/mol. The molecule has 0 radical (unpaired) electrons. The minimum atomic E-state index is -0.733. The predicted octanol–water partition coefficient (Wildman–Crippen LogP) is 4.57. The van der Waals surface area contributed by atoms with Crippen molar-refractivity contribution in [2.45, 2.75) is 44.1 Å². The van der Waals surface area contributed by atoms with E-state index in [9.17, 15) is 24.5 Å². The van der Waals surface area contributed by atoms with E-state index in [1.54, 1.807) is 29.2 Å². The molecular weight excluding hydrogens is 423 g/mol. The maximum Gasteiger partial charge on any atom is 0.322 e. The molecule has 1 fully saturated rings. The SMILES string of the molecule is O=C1NC(CCCC(O)c2ccc(F)cc2)C(c2ccc(CO)cc2O)N1c1ccccc1. The minimum Gasteiger partial charge on any atom is -0.508 e. The summed E-state index contributed by atoms with van der Waals surface area (Å²) in [6.07, 6.45) is 0.895. The Hall–Kier alpha value is -3.42. The average molecular weight is 451 g/mol. The van der Waals surface area contributed by atoms with Gasteiger partial charge in [0.05, 0.1) is 24.8 Å². The van der Waals surface area contributed by atoms with Crippen LogP contribution in [0.15, 0.2) is 72.8 Å². The fourth-order valence-corrected chi connectivity index (χ4v) is 4.39. The number of nitrogens with one attached hydrogen (secondary N) is 1. The summed E-state index contributed by atoms with van der Waals surface area (Å²) >= 11 is 0. The topological polar surface area (TPSA) is 93.0 Å². The lowest BCUT2D eigenvalue weighted by Gasteiger charge is -2.28. The number of aromatic hydroxyl groups is 1. The van der Waals surface area contributed by atoms with Gasteiger partial charge in [-0.15, -0.1) is 0 Å². The van der Waals surface area contributed by atoms with Gasteiger partial charge in [0.1, 0.15) is 11.6 Å². The van der Waals surface area contributed by atoms with Gasteiger partial charge in [-0.25, -0.2) is 9.18 Å². The van der Waals surface area contributed by atoms with E-state index in [1.165, 1.54) is 18.2 Å². The van der Waals surface area contributed by atoms with E-state index < -0.39 is 12.1 Å². The van der Waals surface area contributed by atoms with Gasteiger partial charge in [-0.2, -0.15) is 0 Å². The molecule has 1 aliphatic rings. The number of anilines is 1. The molecule has 7 heteroatoms. The third kappa shape index (κ3) is 4.99. The summed E-state index contributed by atoms with van der Waals surface area (Å²) in [5.74, 6) is -0.337. The number of urea groups is 1. The molecule has 2 amide bonds. The van der Waals surface area contributed by atoms with Gasteiger partial charge >= 0.3 is 6.03 Å². The lowest BCUT2D eigenvalue weighted by Crippen LogP contribution is -2.29. The molecule has 1 heterocycles. The number of benzene rings is 3. The molecule has 33 heavy (non-hydrogen) atoms. The highest BCUT2D eigenvalue weighted by Gasteiger charge is 2.42. The molecule has 1 saturated heterocycles. The number of phenolic OH excluding ortho intramolecular Hbond substituents is 1. The lowest BCUT2D eigenvalue weighted by molar-refractivity contribution is 0.162. The fourth-order valence-electron chi connectivity index (χ4n) is 4.39. The number of amides is 2. The van der Waals surface area contributed by atoms with Crippen LogP contribution in [-0.4, -0.2) is 27.4 Å². The van der Waals surface area contributed by atoms with Crippen LogP contribution in [0.5, 0.6) is 5.75 Å². The van der Waals surface area contributed by atoms with E-state index in [0.29, 0.717) is 41.6 Å². The van der Waals surface area contributed by atoms with Crippen molar-refractivity contribution in [1.82, 2.24) is 5.32 Å². The summed E-state index contributed by atoms with van der Waals surface area (Å²) in [4.78, 5) is 14.6. The quantitative estimate of drug-likeness (QED) is 0.405. The first-order chi connectivity index (χ1) is 16.0. The lowest BCUT2D eigenvalue weighted by atomic mass is 9.92. The summed E-state index contributed by atoms with van der Waals surface area (Å²) < 4.78 is 13.1. The van der Waals surface area contributed by atoms with Crippen molar-refractivity contribution in [3.63, 3.8) is 0 Å². The van der Waals surface area contributed by atoms with E-state index >= 15 is 0 Å². The first-order valence-electron chi connectivity index (χ1n) is 11.0. The Kier molecular flexibility index (Phi) is 6.91. The largest absolute Gasteiger partial charge is 0.508 e. The maximum atomic E-state index is 13.1. The second kappa shape index (κ2) is 10.0. The molecule has 3 unspecified atom stereocenters. The molecule has 4 rings (SSSR count). The third-order valence-electron chi connectivity index (χ3n) is 6.06. The Morgan fingerprint density at radius 3 is 2.42 bits per heavy atom. The molecule has 0 saturated carbocycles. The van der Waals surface area contributed by atoms with Crippen molar-refractivity contribution in [2.24, 2.45) is 0 Å². The van der Waals surface area contributed by atoms with Gasteiger partial charge in [-0.05, 0) is 60.7 Å². The van der Waals surface area contributed by atoms with Crippen LogP contribution in [0, 0.1) is 5.82 Å². The summed E-state index contributed by atoms with van der Waals surface area (Å²) in [5.41, 5.74) is 2.52. The normalized spacial score (nSPS) is 18.9. The zero-order valence-electron chi connectivity index (χ0n) is 18.1. The van der Waals surface area contributed by atoms with Gasteiger partial charge < -0.3 is 20.6 Å². The molecule has 4 N–H and O–H groups in total. The first-order valence-corrected chi connectivity index (χ1v) is 11.0. The Balaban J connectivity index is 1.55. The van der Waals surface area contributed by atoms with Crippen LogP contribution in [0.3, 0.4) is 0 Å². The second-order valence-electron chi connectivity index (χ2n) is 8.26. The molecule has 3 atom stereocenters. The molecule has 0 spiro atoms. The summed E-state index contributed by atoms with van der Waals surface area (Å²) in [6, 6.07) is 19.0. The van der Waals surface area contributed by atoms with Crippen LogP contribution >= 0.6 is 0 Å². The van der Waals surface area contributed by atoms with Gasteiger partial charge in [0.2, 0.25) is 0 Å². The third-order valence-corrected chi connectivity index (χ3v) is 6.06. The molecule has 3 aromatic carbocycles. The maximum absolute atomic E-state index is 13.1. The predicted molar refractivity (Wildman–Crippen MR) is 123 cm³/mol. The number of para-hydroxylation sites is 1. The Bertz CT molecular complexity index is 1090. The highest BCUT2D eigenvalue weighted by atomic mass is 19.1. The molecule has 172 valence electrons. The molecule has 3 aromatic rings. The summed E-state index contributed by atoms with van der Waals surface area (Å²) in [6.45, 7) is -0.192. The van der Waals surface area contributed by atoms with Crippen LogP contribution in [0.2, 0.25) is 0 Å². The van der Waals surface area contributed by atoms with Gasteiger partial charge in [0.15, 0.2) is 0 Å². The molecule has 6 nitrogen and oxygen atoms in total. The molecule has 0 aromatic heterocycles. The number of carbonyl (C=O) groups is 1. The van der Waals surface area contributed by atoms with Crippen LogP contribution in [0.1, 0.15) is 48.1 Å². The van der Waals surface area contributed by atoms with Crippen molar-refractivity contribution >= 4 is 11.7 Å². The van der Waals surface area contributed by atoms with Gasteiger partial charge in [-0.1, -0.05) is 42.5 Å². The van der Waals surface area contributed by atoms with Crippen molar-refractivity contribution in [2.75, 3.05) is 4.90 Å². The average Bonchev–Trinajstić information content (AvgIpc) is 3.15. The van der Waals surface area contributed by atoms with Crippen LogP contribution in [-0.2, 0) is 6.61 Å². The highest BCUT2D eigenvalue weighted by molar-refractivity contribution is 5.96. The van der Waals surface area contributed by atoms with E-state index in [2.05, 4.69) is 5.32 Å². The Morgan fingerprint density at radius 2 is 1.76 bits per heavy atom. The molecule has 0 bridgehead atoms. The smallest absolute Gasteiger partial charge is 0.322 e. The Labute approximate surface area is 191 Å². The summed E-state index contributed by atoms with van der Waals surface area (Å²) in [5, 5.41) is 33.6. The number of halogens is 1. The standard InChI is InChI=1S/C26H27FN2O4/c27-19-12-10-18(11-13-19)23(31)8-4-7-22-25(21-14-9-17(16-30)15-24(21)32)29(26(33)28-22)20-5-2-1-3-6-20/h1-3,5-6,9-15,22-23,25,30-32H,4,7-8,16H2,(H,28,33). The van der Waals surface area contributed by atoms with Gasteiger partial charge in [-0.3, -0.25) is 4.90 Å². The number of phenols is 1. The first kappa shape index (κ1) is 22.8. The van der Waals surface area contributed by atoms with E-state index in [-0.39, 0.29) is 30.2 Å². The van der Waals surface area contributed by atoms with Gasteiger partial charge in [0.25, 0.3) is 0 Å². The van der Waals surface area contributed by atoms with E-state index in [0.717, 1.165) is 0 Å². The van der Waals surface area contributed by atoms with Crippen LogP contribution in [0.25, 0.3) is 0 Å². The highest BCUT2D eigenvalue weighted by Crippen LogP contribution is 2.40. The zero-order valence-corrected chi connectivity index (χ0v) is 18.1. The molecule has 0 aliphatic carbocycles. The van der Waals surface area contributed by atoms with Crippen molar-refractivity contribution in [1.29, 1.82) is 0 Å². The fraction of sp³-hybridized carbons (Fsp3) is 0.269. The van der Waals surface area contributed by atoms with Crippen molar-refractivity contribution < 1.29 is 24.5 Å². The van der Waals surface area contributed by atoms with Crippen LogP contribution in [0.4, 0.5) is 14.9 Å². The molecular formula is C26H27FN2O4. The summed E-state index contributed by atoms with van der Waals surface area (Å²) in [7, 11) is 0. The van der Waals surface area contributed by atoms with E-state index in [4.69, 9.17) is 0 Å². The minimum absolute atomic E-state index is 0.0142. The molecule has 1 aliphatic heterocycles.